The smallest absolute Gasteiger partial charge is 0.314 e. The summed E-state index contributed by atoms with van der Waals surface area (Å²) in [5.74, 6) is -0.238. The minimum atomic E-state index is -4.51. The van der Waals surface area contributed by atoms with Gasteiger partial charge >= 0.3 is 6.18 Å². The summed E-state index contributed by atoms with van der Waals surface area (Å²) in [6.07, 6.45) is -1.43. The van der Waals surface area contributed by atoms with Crippen LogP contribution in [-0.2, 0) is 6.18 Å². The summed E-state index contributed by atoms with van der Waals surface area (Å²) in [5, 5.41) is 3.24. The summed E-state index contributed by atoms with van der Waals surface area (Å²) in [6, 6.07) is 2.85. The first-order valence-corrected chi connectivity index (χ1v) is 7.76. The first kappa shape index (κ1) is 15.7. The lowest BCUT2D eigenvalue weighted by Gasteiger charge is -2.35. The van der Waals surface area contributed by atoms with Crippen molar-refractivity contribution >= 4 is 0 Å². The molecule has 1 aromatic rings. The molecule has 1 saturated carbocycles. The van der Waals surface area contributed by atoms with Gasteiger partial charge in [-0.05, 0) is 36.1 Å². The van der Waals surface area contributed by atoms with E-state index in [4.69, 9.17) is 0 Å². The van der Waals surface area contributed by atoms with Crippen LogP contribution in [0.15, 0.2) is 18.2 Å². The zero-order valence-corrected chi connectivity index (χ0v) is 12.3. The molecular formula is C16H20F4N2. The van der Waals surface area contributed by atoms with Gasteiger partial charge in [0.15, 0.2) is 0 Å². The molecule has 1 aliphatic heterocycles. The molecule has 2 fully saturated rings. The van der Waals surface area contributed by atoms with Crippen LogP contribution in [0.25, 0.3) is 0 Å². The minimum absolute atomic E-state index is 0.119. The van der Waals surface area contributed by atoms with E-state index in [9.17, 15) is 17.6 Å². The van der Waals surface area contributed by atoms with E-state index in [0.29, 0.717) is 17.5 Å². The van der Waals surface area contributed by atoms with Gasteiger partial charge in [-0.15, -0.1) is 0 Å². The fourth-order valence-corrected chi connectivity index (χ4v) is 3.13. The average Bonchev–Trinajstić information content (AvgIpc) is 3.28. The van der Waals surface area contributed by atoms with Crippen LogP contribution in [0, 0.1) is 11.7 Å². The lowest BCUT2D eigenvalue weighted by molar-refractivity contribution is -0.137. The molecule has 1 saturated heterocycles. The van der Waals surface area contributed by atoms with Gasteiger partial charge in [-0.25, -0.2) is 4.39 Å². The standard InChI is InChI=1S/C16H20F4N2/c17-14-9-12(8-13(10-14)16(18,19)20)15(7-11-1-2-11)22-5-3-21-4-6-22/h8-11,15,21H,1-7H2/t15-/m0/s1. The second-order valence-corrected chi connectivity index (χ2v) is 6.25. The first-order valence-electron chi connectivity index (χ1n) is 7.76. The van der Waals surface area contributed by atoms with Crippen molar-refractivity contribution in [1.82, 2.24) is 10.2 Å². The molecule has 0 unspecified atom stereocenters. The Morgan fingerprint density at radius 3 is 2.41 bits per heavy atom. The predicted octanol–water partition coefficient (Wildman–Crippen LogP) is 3.59. The molecular weight excluding hydrogens is 296 g/mol. The highest BCUT2D eigenvalue weighted by Gasteiger charge is 2.34. The number of alkyl halides is 3. The van der Waals surface area contributed by atoms with Gasteiger partial charge in [0.25, 0.3) is 0 Å². The third-order valence-electron chi connectivity index (χ3n) is 4.48. The van der Waals surface area contributed by atoms with Crippen LogP contribution in [0.4, 0.5) is 17.6 Å². The SMILES string of the molecule is Fc1cc([C@H](CC2CC2)N2CCNCC2)cc(C(F)(F)F)c1. The van der Waals surface area contributed by atoms with Gasteiger partial charge in [-0.2, -0.15) is 13.2 Å². The molecule has 0 amide bonds. The molecule has 0 spiro atoms. The van der Waals surface area contributed by atoms with Crippen molar-refractivity contribution in [3.63, 3.8) is 0 Å². The molecule has 3 rings (SSSR count). The lowest BCUT2D eigenvalue weighted by Crippen LogP contribution is -2.45. The molecule has 0 aromatic heterocycles. The molecule has 1 N–H and O–H groups in total. The topological polar surface area (TPSA) is 15.3 Å². The van der Waals surface area contributed by atoms with Crippen LogP contribution in [0.3, 0.4) is 0 Å². The maximum atomic E-state index is 13.7. The maximum absolute atomic E-state index is 13.7. The zero-order chi connectivity index (χ0) is 15.7. The summed E-state index contributed by atoms with van der Waals surface area (Å²) >= 11 is 0. The number of benzene rings is 1. The summed E-state index contributed by atoms with van der Waals surface area (Å²) in [5.41, 5.74) is -0.431. The summed E-state index contributed by atoms with van der Waals surface area (Å²) < 4.78 is 52.5. The zero-order valence-electron chi connectivity index (χ0n) is 12.3. The van der Waals surface area contributed by atoms with E-state index in [1.807, 2.05) is 0 Å². The van der Waals surface area contributed by atoms with Crippen LogP contribution in [-0.4, -0.2) is 31.1 Å². The Balaban J connectivity index is 1.90. The summed E-state index contributed by atoms with van der Waals surface area (Å²) in [6.45, 7) is 3.22. The van der Waals surface area contributed by atoms with Crippen molar-refractivity contribution in [1.29, 1.82) is 0 Å². The molecule has 1 heterocycles. The van der Waals surface area contributed by atoms with Crippen molar-refractivity contribution in [2.75, 3.05) is 26.2 Å². The summed E-state index contributed by atoms with van der Waals surface area (Å²) in [7, 11) is 0. The molecule has 2 aliphatic rings. The molecule has 122 valence electrons. The molecule has 1 aliphatic carbocycles. The van der Waals surface area contributed by atoms with E-state index < -0.39 is 17.6 Å². The molecule has 0 bridgehead atoms. The van der Waals surface area contributed by atoms with Gasteiger partial charge < -0.3 is 5.32 Å². The predicted molar refractivity (Wildman–Crippen MR) is 75.9 cm³/mol. The number of hydrogen-bond acceptors (Lipinski definition) is 2. The Labute approximate surface area is 127 Å². The van der Waals surface area contributed by atoms with E-state index in [0.717, 1.165) is 51.5 Å². The molecule has 1 atom stereocenters. The van der Waals surface area contributed by atoms with Crippen molar-refractivity contribution in [3.05, 3.63) is 35.1 Å². The van der Waals surface area contributed by atoms with Crippen LogP contribution in [0.2, 0.25) is 0 Å². The second-order valence-electron chi connectivity index (χ2n) is 6.25. The number of nitrogens with zero attached hydrogens (tertiary/aromatic N) is 1. The highest BCUT2D eigenvalue weighted by molar-refractivity contribution is 5.29. The van der Waals surface area contributed by atoms with Gasteiger partial charge in [-0.3, -0.25) is 4.90 Å². The van der Waals surface area contributed by atoms with Crippen molar-refractivity contribution in [3.8, 4) is 0 Å². The monoisotopic (exact) mass is 316 g/mol. The molecule has 6 heteroatoms. The number of piperazine rings is 1. The van der Waals surface area contributed by atoms with E-state index in [2.05, 4.69) is 10.2 Å². The minimum Gasteiger partial charge on any atom is -0.314 e. The average molecular weight is 316 g/mol. The van der Waals surface area contributed by atoms with Gasteiger partial charge in [0.1, 0.15) is 5.82 Å². The number of halogens is 4. The van der Waals surface area contributed by atoms with E-state index in [1.165, 1.54) is 6.07 Å². The van der Waals surface area contributed by atoms with Crippen LogP contribution in [0.5, 0.6) is 0 Å². The Morgan fingerprint density at radius 1 is 1.14 bits per heavy atom. The fourth-order valence-electron chi connectivity index (χ4n) is 3.13. The largest absolute Gasteiger partial charge is 0.416 e. The highest BCUT2D eigenvalue weighted by atomic mass is 19.4. The van der Waals surface area contributed by atoms with E-state index in [-0.39, 0.29) is 6.04 Å². The molecule has 22 heavy (non-hydrogen) atoms. The van der Waals surface area contributed by atoms with Crippen molar-refractivity contribution < 1.29 is 17.6 Å². The van der Waals surface area contributed by atoms with Gasteiger partial charge in [0.2, 0.25) is 0 Å². The number of rotatable bonds is 4. The number of hydrogen-bond donors (Lipinski definition) is 1. The number of nitrogens with one attached hydrogen (secondary N) is 1. The Hall–Kier alpha value is -1.14. The van der Waals surface area contributed by atoms with Gasteiger partial charge in [0, 0.05) is 32.2 Å². The van der Waals surface area contributed by atoms with Crippen LogP contribution in [0.1, 0.15) is 36.4 Å². The quantitative estimate of drug-likeness (QED) is 0.854. The fraction of sp³-hybridized carbons (Fsp3) is 0.625. The van der Waals surface area contributed by atoms with Crippen LogP contribution < -0.4 is 5.32 Å². The Bertz CT molecular complexity index is 519. The van der Waals surface area contributed by atoms with Crippen molar-refractivity contribution in [2.45, 2.75) is 31.5 Å². The molecule has 1 aromatic carbocycles. The van der Waals surface area contributed by atoms with Gasteiger partial charge in [-0.1, -0.05) is 12.8 Å². The van der Waals surface area contributed by atoms with E-state index >= 15 is 0 Å². The lowest BCUT2D eigenvalue weighted by atomic mass is 9.96. The maximum Gasteiger partial charge on any atom is 0.416 e. The second kappa shape index (κ2) is 6.16. The highest BCUT2D eigenvalue weighted by Crippen LogP contribution is 2.41. The van der Waals surface area contributed by atoms with Crippen molar-refractivity contribution in [2.24, 2.45) is 5.92 Å². The molecule has 2 nitrogen and oxygen atoms in total. The third-order valence-corrected chi connectivity index (χ3v) is 4.48. The Morgan fingerprint density at radius 2 is 1.82 bits per heavy atom. The first-order chi connectivity index (χ1) is 10.4. The normalized spacial score (nSPS) is 21.8. The van der Waals surface area contributed by atoms with Gasteiger partial charge in [0.05, 0.1) is 5.56 Å². The molecule has 0 radical (unpaired) electrons. The van der Waals surface area contributed by atoms with E-state index in [1.54, 1.807) is 0 Å². The third kappa shape index (κ3) is 3.79. The summed E-state index contributed by atoms with van der Waals surface area (Å²) in [4.78, 5) is 2.18. The van der Waals surface area contributed by atoms with Crippen LogP contribution >= 0.6 is 0 Å². The Kier molecular flexibility index (Phi) is 4.41.